The normalized spacial score (nSPS) is 18.9. The van der Waals surface area contributed by atoms with Crippen molar-refractivity contribution < 1.29 is 0 Å². The molecule has 20 heavy (non-hydrogen) atoms. The van der Waals surface area contributed by atoms with E-state index in [1.54, 1.807) is 0 Å². The fourth-order valence-corrected chi connectivity index (χ4v) is 3.58. The Labute approximate surface area is 123 Å². The van der Waals surface area contributed by atoms with Crippen LogP contribution in [0.5, 0.6) is 0 Å². The molecule has 1 aliphatic rings. The van der Waals surface area contributed by atoms with Gasteiger partial charge in [-0.25, -0.2) is 0 Å². The zero-order chi connectivity index (χ0) is 14.3. The van der Waals surface area contributed by atoms with Crippen LogP contribution >= 0.6 is 0 Å². The Balaban J connectivity index is 2.01. The van der Waals surface area contributed by atoms with Gasteiger partial charge in [0.15, 0.2) is 0 Å². The number of pyridine rings is 1. The molecule has 112 valence electrons. The smallest absolute Gasteiger partial charge is 0.0331 e. The van der Waals surface area contributed by atoms with Gasteiger partial charge in [0.1, 0.15) is 0 Å². The van der Waals surface area contributed by atoms with E-state index < -0.39 is 0 Å². The summed E-state index contributed by atoms with van der Waals surface area (Å²) in [5.74, 6) is 0. The maximum Gasteiger partial charge on any atom is 0.0331 e. The molecular weight excluding hydrogens is 246 g/mol. The molecule has 1 aliphatic carbocycles. The van der Waals surface area contributed by atoms with Gasteiger partial charge in [0, 0.05) is 31.0 Å². The lowest BCUT2D eigenvalue weighted by molar-refractivity contribution is 0.0847. The molecule has 0 aliphatic heterocycles. The van der Waals surface area contributed by atoms with Crippen LogP contribution < -0.4 is 5.73 Å². The summed E-state index contributed by atoms with van der Waals surface area (Å²) in [6, 6.07) is 4.24. The maximum absolute atomic E-state index is 6.20. The van der Waals surface area contributed by atoms with Crippen molar-refractivity contribution in [1.82, 2.24) is 9.88 Å². The third-order valence-corrected chi connectivity index (χ3v) is 4.89. The fourth-order valence-electron chi connectivity index (χ4n) is 3.58. The topological polar surface area (TPSA) is 42.2 Å². The molecule has 1 aromatic heterocycles. The molecule has 0 bridgehead atoms. The van der Waals surface area contributed by atoms with E-state index in [9.17, 15) is 0 Å². The third kappa shape index (κ3) is 3.80. The molecule has 1 fully saturated rings. The maximum atomic E-state index is 6.20. The van der Waals surface area contributed by atoms with Crippen molar-refractivity contribution in [3.05, 3.63) is 30.1 Å². The second kappa shape index (κ2) is 7.75. The first-order valence-electron chi connectivity index (χ1n) is 8.15. The molecule has 0 aromatic carbocycles. The van der Waals surface area contributed by atoms with Crippen LogP contribution in [0, 0.1) is 0 Å². The average molecular weight is 275 g/mol. The number of likely N-dealkylation sites (N-methyl/N-ethyl adjacent to an activating group) is 1. The molecule has 2 N–H and O–H groups in total. The molecule has 1 heterocycles. The molecule has 1 aromatic rings. The fraction of sp³-hybridized carbons (Fsp3) is 0.706. The zero-order valence-electron chi connectivity index (χ0n) is 12.9. The standard InChI is InChI=1S/C17H29N3/c1-2-20(14-9-16-7-12-19-13-8-16)17(15-18)10-5-3-4-6-11-17/h7-8,12-13H,2-6,9-11,14-15,18H2,1H3. The van der Waals surface area contributed by atoms with E-state index in [-0.39, 0.29) is 5.54 Å². The van der Waals surface area contributed by atoms with Crippen LogP contribution in [0.15, 0.2) is 24.5 Å². The number of aromatic nitrogens is 1. The van der Waals surface area contributed by atoms with Gasteiger partial charge >= 0.3 is 0 Å². The number of hydrogen-bond acceptors (Lipinski definition) is 3. The van der Waals surface area contributed by atoms with Crippen molar-refractivity contribution in [3.8, 4) is 0 Å². The Morgan fingerprint density at radius 3 is 2.35 bits per heavy atom. The molecule has 0 radical (unpaired) electrons. The summed E-state index contributed by atoms with van der Waals surface area (Å²) in [6.07, 6.45) is 12.8. The van der Waals surface area contributed by atoms with Crippen LogP contribution in [0.3, 0.4) is 0 Å². The van der Waals surface area contributed by atoms with Gasteiger partial charge in [0.25, 0.3) is 0 Å². The minimum atomic E-state index is 0.248. The van der Waals surface area contributed by atoms with Crippen molar-refractivity contribution in [2.24, 2.45) is 5.73 Å². The zero-order valence-corrected chi connectivity index (χ0v) is 12.9. The summed E-state index contributed by atoms with van der Waals surface area (Å²) >= 11 is 0. The van der Waals surface area contributed by atoms with Gasteiger partial charge in [-0.3, -0.25) is 9.88 Å². The highest BCUT2D eigenvalue weighted by Gasteiger charge is 2.34. The first-order valence-corrected chi connectivity index (χ1v) is 8.15. The highest BCUT2D eigenvalue weighted by atomic mass is 15.2. The van der Waals surface area contributed by atoms with E-state index in [0.717, 1.165) is 26.1 Å². The molecule has 3 nitrogen and oxygen atoms in total. The van der Waals surface area contributed by atoms with Gasteiger partial charge in [0.05, 0.1) is 0 Å². The largest absolute Gasteiger partial charge is 0.329 e. The number of hydrogen-bond donors (Lipinski definition) is 1. The monoisotopic (exact) mass is 275 g/mol. The van der Waals surface area contributed by atoms with Crippen molar-refractivity contribution in [2.45, 2.75) is 57.4 Å². The lowest BCUT2D eigenvalue weighted by Gasteiger charge is -2.43. The van der Waals surface area contributed by atoms with Gasteiger partial charge in [0.2, 0.25) is 0 Å². The summed E-state index contributed by atoms with van der Waals surface area (Å²) in [4.78, 5) is 6.73. The van der Waals surface area contributed by atoms with Crippen LogP contribution in [-0.2, 0) is 6.42 Å². The van der Waals surface area contributed by atoms with Crippen molar-refractivity contribution >= 4 is 0 Å². The summed E-state index contributed by atoms with van der Waals surface area (Å²) < 4.78 is 0. The second-order valence-electron chi connectivity index (χ2n) is 6.03. The van der Waals surface area contributed by atoms with E-state index in [0.29, 0.717) is 0 Å². The Kier molecular flexibility index (Phi) is 5.99. The van der Waals surface area contributed by atoms with Gasteiger partial charge in [-0.15, -0.1) is 0 Å². The van der Waals surface area contributed by atoms with Crippen molar-refractivity contribution in [3.63, 3.8) is 0 Å². The van der Waals surface area contributed by atoms with Gasteiger partial charge in [-0.2, -0.15) is 0 Å². The molecular formula is C17H29N3. The predicted octanol–water partition coefficient (Wildman–Crippen LogP) is 3.00. The molecule has 0 unspecified atom stereocenters. The third-order valence-electron chi connectivity index (χ3n) is 4.89. The summed E-state index contributed by atoms with van der Waals surface area (Å²) in [6.45, 7) is 5.28. The highest BCUT2D eigenvalue weighted by Crippen LogP contribution is 2.31. The van der Waals surface area contributed by atoms with Crippen LogP contribution in [0.1, 0.15) is 51.0 Å². The molecule has 0 amide bonds. The SMILES string of the molecule is CCN(CCc1ccncc1)C1(CN)CCCCCC1. The molecule has 0 atom stereocenters. The predicted molar refractivity (Wildman–Crippen MR) is 84.7 cm³/mol. The summed E-state index contributed by atoms with van der Waals surface area (Å²) in [5, 5.41) is 0. The molecule has 1 saturated carbocycles. The van der Waals surface area contributed by atoms with Gasteiger partial charge in [-0.1, -0.05) is 32.6 Å². The first kappa shape index (κ1) is 15.5. The Morgan fingerprint density at radius 2 is 1.80 bits per heavy atom. The quantitative estimate of drug-likeness (QED) is 0.812. The lowest BCUT2D eigenvalue weighted by atomic mass is 9.87. The molecule has 0 saturated heterocycles. The van der Waals surface area contributed by atoms with Crippen LogP contribution in [-0.4, -0.2) is 35.1 Å². The number of nitrogens with two attached hydrogens (primary N) is 1. The summed E-state index contributed by atoms with van der Waals surface area (Å²) in [7, 11) is 0. The van der Waals surface area contributed by atoms with Crippen molar-refractivity contribution in [1.29, 1.82) is 0 Å². The minimum absolute atomic E-state index is 0.248. The molecule has 2 rings (SSSR count). The number of rotatable bonds is 6. The lowest BCUT2D eigenvalue weighted by Crippen LogP contribution is -2.54. The van der Waals surface area contributed by atoms with E-state index in [1.807, 2.05) is 12.4 Å². The van der Waals surface area contributed by atoms with Crippen molar-refractivity contribution in [2.75, 3.05) is 19.6 Å². The Morgan fingerprint density at radius 1 is 1.15 bits per heavy atom. The van der Waals surface area contributed by atoms with E-state index in [1.165, 1.54) is 44.1 Å². The van der Waals surface area contributed by atoms with E-state index in [4.69, 9.17) is 5.73 Å². The van der Waals surface area contributed by atoms with Crippen LogP contribution in [0.25, 0.3) is 0 Å². The average Bonchev–Trinajstić information content (AvgIpc) is 2.75. The highest BCUT2D eigenvalue weighted by molar-refractivity contribution is 5.10. The first-order chi connectivity index (χ1) is 9.80. The van der Waals surface area contributed by atoms with Crippen LogP contribution in [0.2, 0.25) is 0 Å². The molecule has 0 spiro atoms. The van der Waals surface area contributed by atoms with Gasteiger partial charge < -0.3 is 5.73 Å². The van der Waals surface area contributed by atoms with Crippen LogP contribution in [0.4, 0.5) is 0 Å². The Bertz CT molecular complexity index is 369. The minimum Gasteiger partial charge on any atom is -0.329 e. The second-order valence-corrected chi connectivity index (χ2v) is 6.03. The summed E-state index contributed by atoms with van der Waals surface area (Å²) in [5.41, 5.74) is 7.82. The number of nitrogens with zero attached hydrogens (tertiary/aromatic N) is 2. The van der Waals surface area contributed by atoms with Gasteiger partial charge in [-0.05, 0) is 43.5 Å². The van der Waals surface area contributed by atoms with E-state index in [2.05, 4.69) is 28.9 Å². The van der Waals surface area contributed by atoms with E-state index >= 15 is 0 Å². The molecule has 3 heteroatoms. The Hall–Kier alpha value is -0.930.